The molecule has 0 bridgehead atoms. The number of fused-ring (bicyclic) bond motifs is 1. The lowest BCUT2D eigenvalue weighted by molar-refractivity contribution is 0.0997. The predicted molar refractivity (Wildman–Crippen MR) is 121 cm³/mol. The van der Waals surface area contributed by atoms with Crippen LogP contribution in [0.15, 0.2) is 69.6 Å². The molecule has 2 N–H and O–H groups in total. The van der Waals surface area contributed by atoms with Crippen LogP contribution in [0.25, 0.3) is 34.0 Å². The van der Waals surface area contributed by atoms with Crippen LogP contribution in [0.3, 0.4) is 0 Å². The third-order valence-electron chi connectivity index (χ3n) is 4.99. The molecule has 0 aliphatic heterocycles. The summed E-state index contributed by atoms with van der Waals surface area (Å²) in [4.78, 5) is 21.2. The topological polar surface area (TPSA) is 101 Å². The number of hydrogen-bond donors (Lipinski definition) is 2. The molecule has 164 valence electrons. The number of rotatable bonds is 4. The Kier molecular flexibility index (Phi) is 5.07. The van der Waals surface area contributed by atoms with Gasteiger partial charge in [0.2, 0.25) is 5.89 Å². The number of carbonyl (C=O) groups excluding carboxylic acids is 1. The van der Waals surface area contributed by atoms with Crippen LogP contribution in [0.4, 0.5) is 10.1 Å². The lowest BCUT2D eigenvalue weighted by atomic mass is 10.1. The molecule has 0 saturated heterocycles. The molecule has 2 aromatic carbocycles. The van der Waals surface area contributed by atoms with Crippen molar-refractivity contribution in [1.29, 1.82) is 0 Å². The third kappa shape index (κ3) is 3.92. The molecule has 0 unspecified atom stereocenters. The van der Waals surface area contributed by atoms with Gasteiger partial charge in [0.25, 0.3) is 5.91 Å². The zero-order chi connectivity index (χ0) is 23.1. The van der Waals surface area contributed by atoms with E-state index in [1.165, 1.54) is 24.3 Å². The Morgan fingerprint density at radius 1 is 1.12 bits per heavy atom. The largest absolute Gasteiger partial charge is 0.507 e. The van der Waals surface area contributed by atoms with E-state index >= 15 is 0 Å². The fourth-order valence-electron chi connectivity index (χ4n) is 3.36. The molecule has 0 aliphatic rings. The lowest BCUT2D eigenvalue weighted by Gasteiger charge is -2.09. The number of aromatic nitrogens is 2. The van der Waals surface area contributed by atoms with E-state index in [0.29, 0.717) is 39.4 Å². The number of carbonyl (C=O) groups is 1. The Balaban J connectivity index is 1.43. The number of nitrogens with zero attached hydrogens (tertiary/aromatic N) is 2. The molecule has 0 atom stereocenters. The standard InChI is InChI=1S/C24H15ClFN3O4/c1-12-9-14(11-15(21(12)30)24-29-22-19(33-24)3-2-8-27-22)28-23(31)20-7-6-18(32-20)13-4-5-17(26)16(25)10-13/h2-11,30H,1H3,(H,28,31). The molecule has 0 aliphatic carbocycles. The fourth-order valence-corrected chi connectivity index (χ4v) is 3.54. The summed E-state index contributed by atoms with van der Waals surface area (Å²) in [6, 6.07) is 13.8. The average Bonchev–Trinajstić information content (AvgIpc) is 3.45. The zero-order valence-electron chi connectivity index (χ0n) is 17.1. The van der Waals surface area contributed by atoms with Crippen LogP contribution in [-0.4, -0.2) is 21.0 Å². The number of hydrogen-bond acceptors (Lipinski definition) is 6. The lowest BCUT2D eigenvalue weighted by Crippen LogP contribution is -2.11. The van der Waals surface area contributed by atoms with Crippen molar-refractivity contribution in [2.45, 2.75) is 6.92 Å². The van der Waals surface area contributed by atoms with Crippen molar-refractivity contribution in [2.75, 3.05) is 5.32 Å². The highest BCUT2D eigenvalue weighted by Crippen LogP contribution is 2.36. The molecule has 1 amide bonds. The first-order valence-corrected chi connectivity index (χ1v) is 10.2. The average molecular weight is 464 g/mol. The van der Waals surface area contributed by atoms with Gasteiger partial charge >= 0.3 is 0 Å². The van der Waals surface area contributed by atoms with Gasteiger partial charge in [-0.3, -0.25) is 4.79 Å². The summed E-state index contributed by atoms with van der Waals surface area (Å²) in [6.07, 6.45) is 1.59. The van der Waals surface area contributed by atoms with Gasteiger partial charge in [-0.2, -0.15) is 4.98 Å². The third-order valence-corrected chi connectivity index (χ3v) is 5.28. The second kappa shape index (κ2) is 8.07. The van der Waals surface area contributed by atoms with E-state index in [0.717, 1.165) is 0 Å². The van der Waals surface area contributed by atoms with Crippen molar-refractivity contribution in [1.82, 2.24) is 9.97 Å². The molecular formula is C24H15ClFN3O4. The van der Waals surface area contributed by atoms with Crippen LogP contribution in [0.5, 0.6) is 5.75 Å². The van der Waals surface area contributed by atoms with Crippen LogP contribution in [0.1, 0.15) is 16.1 Å². The van der Waals surface area contributed by atoms with E-state index in [-0.39, 0.29) is 22.4 Å². The number of furan rings is 1. The number of aromatic hydroxyl groups is 1. The van der Waals surface area contributed by atoms with Crippen LogP contribution in [-0.2, 0) is 0 Å². The molecule has 3 heterocycles. The van der Waals surface area contributed by atoms with Crippen LogP contribution in [0.2, 0.25) is 5.02 Å². The van der Waals surface area contributed by atoms with Crippen molar-refractivity contribution in [3.05, 3.63) is 83.0 Å². The van der Waals surface area contributed by atoms with E-state index in [4.69, 9.17) is 20.4 Å². The van der Waals surface area contributed by atoms with E-state index in [1.807, 2.05) is 0 Å². The van der Waals surface area contributed by atoms with E-state index in [9.17, 15) is 14.3 Å². The number of benzene rings is 2. The highest BCUT2D eigenvalue weighted by molar-refractivity contribution is 6.31. The van der Waals surface area contributed by atoms with Crippen molar-refractivity contribution in [3.63, 3.8) is 0 Å². The van der Waals surface area contributed by atoms with Gasteiger partial charge in [0, 0.05) is 17.4 Å². The summed E-state index contributed by atoms with van der Waals surface area (Å²) < 4.78 is 24.7. The van der Waals surface area contributed by atoms with Crippen molar-refractivity contribution < 1.29 is 23.1 Å². The molecule has 0 fully saturated rings. The fraction of sp³-hybridized carbons (Fsp3) is 0.0417. The first kappa shape index (κ1) is 20.7. The first-order chi connectivity index (χ1) is 15.9. The van der Waals surface area contributed by atoms with Crippen molar-refractivity contribution in [2.24, 2.45) is 0 Å². The maximum Gasteiger partial charge on any atom is 0.291 e. The Bertz CT molecular complexity index is 1490. The summed E-state index contributed by atoms with van der Waals surface area (Å²) in [7, 11) is 0. The molecule has 33 heavy (non-hydrogen) atoms. The maximum absolute atomic E-state index is 13.4. The second-order valence-corrected chi connectivity index (χ2v) is 7.69. The smallest absolute Gasteiger partial charge is 0.291 e. The normalized spacial score (nSPS) is 11.1. The molecular weight excluding hydrogens is 449 g/mol. The Morgan fingerprint density at radius 3 is 2.76 bits per heavy atom. The minimum Gasteiger partial charge on any atom is -0.507 e. The van der Waals surface area contributed by atoms with Gasteiger partial charge in [0.05, 0.1) is 10.6 Å². The summed E-state index contributed by atoms with van der Waals surface area (Å²) in [5, 5.41) is 13.2. The number of phenolic OH excluding ortho intramolecular Hbond substituents is 1. The van der Waals surface area contributed by atoms with Crippen molar-refractivity contribution >= 4 is 34.4 Å². The number of oxazole rings is 1. The monoisotopic (exact) mass is 463 g/mol. The molecule has 0 saturated carbocycles. The number of amides is 1. The van der Waals surface area contributed by atoms with Gasteiger partial charge in [0.1, 0.15) is 17.3 Å². The highest BCUT2D eigenvalue weighted by Gasteiger charge is 2.18. The van der Waals surface area contributed by atoms with E-state index in [1.54, 1.807) is 43.5 Å². The number of aryl methyl sites for hydroxylation is 1. The van der Waals surface area contributed by atoms with Gasteiger partial charge < -0.3 is 19.3 Å². The van der Waals surface area contributed by atoms with Crippen LogP contribution >= 0.6 is 11.6 Å². The summed E-state index contributed by atoms with van der Waals surface area (Å²) in [6.45, 7) is 1.69. The summed E-state index contributed by atoms with van der Waals surface area (Å²) >= 11 is 5.83. The second-order valence-electron chi connectivity index (χ2n) is 7.28. The van der Waals surface area contributed by atoms with E-state index in [2.05, 4.69) is 15.3 Å². The Labute approximate surface area is 191 Å². The minimum absolute atomic E-state index is 0.0203. The van der Waals surface area contributed by atoms with Crippen molar-refractivity contribution in [3.8, 4) is 28.5 Å². The number of anilines is 1. The number of phenols is 1. The van der Waals surface area contributed by atoms with Gasteiger partial charge in [-0.25, -0.2) is 9.37 Å². The molecule has 9 heteroatoms. The zero-order valence-corrected chi connectivity index (χ0v) is 17.9. The van der Waals surface area contributed by atoms with Gasteiger partial charge in [0.15, 0.2) is 17.0 Å². The number of pyridine rings is 1. The molecule has 3 aromatic heterocycles. The van der Waals surface area contributed by atoms with Gasteiger partial charge in [-0.05, 0) is 67.1 Å². The van der Waals surface area contributed by atoms with E-state index < -0.39 is 11.7 Å². The summed E-state index contributed by atoms with van der Waals surface area (Å²) in [5.74, 6) is -0.489. The molecule has 0 radical (unpaired) electrons. The SMILES string of the molecule is Cc1cc(NC(=O)c2ccc(-c3ccc(F)c(Cl)c3)o2)cc(-c2nc3ncccc3o2)c1O. The molecule has 7 nitrogen and oxygen atoms in total. The van der Waals surface area contributed by atoms with Gasteiger partial charge in [-0.1, -0.05) is 11.6 Å². The van der Waals surface area contributed by atoms with Crippen LogP contribution in [0, 0.1) is 12.7 Å². The molecule has 0 spiro atoms. The Morgan fingerprint density at radius 2 is 1.97 bits per heavy atom. The summed E-state index contributed by atoms with van der Waals surface area (Å²) in [5.41, 5.74) is 2.64. The maximum atomic E-state index is 13.4. The highest BCUT2D eigenvalue weighted by atomic mass is 35.5. The van der Waals surface area contributed by atoms with Crippen LogP contribution < -0.4 is 5.32 Å². The number of halogens is 2. The predicted octanol–water partition coefficient (Wildman–Crippen LogP) is 6.21. The molecule has 5 rings (SSSR count). The Hall–Kier alpha value is -4.17. The van der Waals surface area contributed by atoms with Gasteiger partial charge in [-0.15, -0.1) is 0 Å². The quantitative estimate of drug-likeness (QED) is 0.307. The first-order valence-electron chi connectivity index (χ1n) is 9.81. The minimum atomic E-state index is -0.543. The number of nitrogens with one attached hydrogen (secondary N) is 1. The molecule has 5 aromatic rings.